The maximum absolute atomic E-state index is 12.3. The van der Waals surface area contributed by atoms with Crippen molar-refractivity contribution in [2.24, 2.45) is 0 Å². The van der Waals surface area contributed by atoms with Crippen LogP contribution in [0, 0.1) is 5.41 Å². The Morgan fingerprint density at radius 1 is 1.28 bits per heavy atom. The Morgan fingerprint density at radius 2 is 2.06 bits per heavy atom. The Kier molecular flexibility index (Phi) is 2.89. The number of amides is 1. The standard InChI is InChI=1S/C12H9N3OS2/c13-11-15(12-14-6-7-17-12)10(16)9(18-11)8-4-2-1-3-5-8/h1-7,9,13H/t9-/m1/s1. The first-order chi connectivity index (χ1) is 8.77. The maximum Gasteiger partial charge on any atom is 0.253 e. The van der Waals surface area contributed by atoms with Crippen LogP contribution in [0.25, 0.3) is 0 Å². The molecule has 6 heteroatoms. The second kappa shape index (κ2) is 4.55. The van der Waals surface area contributed by atoms with Gasteiger partial charge in [0.1, 0.15) is 5.25 Å². The third kappa shape index (κ3) is 1.83. The smallest absolute Gasteiger partial charge is 0.253 e. The van der Waals surface area contributed by atoms with Crippen LogP contribution in [0.5, 0.6) is 0 Å². The lowest BCUT2D eigenvalue weighted by molar-refractivity contribution is -0.117. The summed E-state index contributed by atoms with van der Waals surface area (Å²) in [5, 5.41) is 10.2. The van der Waals surface area contributed by atoms with E-state index in [1.54, 1.807) is 11.6 Å². The number of carbonyl (C=O) groups is 1. The van der Waals surface area contributed by atoms with Crippen molar-refractivity contribution in [2.45, 2.75) is 5.25 Å². The van der Waals surface area contributed by atoms with E-state index in [1.807, 2.05) is 30.3 Å². The Balaban J connectivity index is 1.94. The van der Waals surface area contributed by atoms with E-state index in [-0.39, 0.29) is 16.3 Å². The summed E-state index contributed by atoms with van der Waals surface area (Å²) in [5.74, 6) is -0.0915. The van der Waals surface area contributed by atoms with E-state index in [4.69, 9.17) is 5.41 Å². The molecule has 2 aromatic rings. The second-order valence-corrected chi connectivity index (χ2v) is 5.67. The van der Waals surface area contributed by atoms with Crippen molar-refractivity contribution >= 4 is 39.3 Å². The molecule has 1 fully saturated rings. The quantitative estimate of drug-likeness (QED) is 0.916. The predicted octanol–water partition coefficient (Wildman–Crippen LogP) is 2.90. The van der Waals surface area contributed by atoms with Crippen LogP contribution in [0.1, 0.15) is 10.8 Å². The number of rotatable bonds is 2. The van der Waals surface area contributed by atoms with Gasteiger partial charge in [0, 0.05) is 11.6 Å². The number of carbonyl (C=O) groups excluding carboxylic acids is 1. The predicted molar refractivity (Wildman–Crippen MR) is 74.1 cm³/mol. The van der Waals surface area contributed by atoms with E-state index in [0.29, 0.717) is 5.13 Å². The van der Waals surface area contributed by atoms with E-state index in [9.17, 15) is 4.79 Å². The normalized spacial score (nSPS) is 19.6. The zero-order valence-corrected chi connectivity index (χ0v) is 10.9. The van der Waals surface area contributed by atoms with Crippen molar-refractivity contribution in [3.63, 3.8) is 0 Å². The largest absolute Gasteiger partial charge is 0.278 e. The summed E-state index contributed by atoms with van der Waals surface area (Å²) in [6, 6.07) is 9.54. The van der Waals surface area contributed by atoms with Gasteiger partial charge in [-0.25, -0.2) is 9.88 Å². The topological polar surface area (TPSA) is 57.1 Å². The molecular weight excluding hydrogens is 266 g/mol. The lowest BCUT2D eigenvalue weighted by atomic mass is 10.1. The number of thioether (sulfide) groups is 1. The number of nitrogens with one attached hydrogen (secondary N) is 1. The molecule has 1 saturated heterocycles. The van der Waals surface area contributed by atoms with Crippen LogP contribution in [0.2, 0.25) is 0 Å². The van der Waals surface area contributed by atoms with Gasteiger partial charge in [-0.2, -0.15) is 0 Å². The molecule has 1 aromatic heterocycles. The van der Waals surface area contributed by atoms with Crippen LogP contribution in [0.3, 0.4) is 0 Å². The number of aromatic nitrogens is 1. The third-order valence-corrected chi connectivity index (χ3v) is 4.46. The summed E-state index contributed by atoms with van der Waals surface area (Å²) >= 11 is 2.62. The second-order valence-electron chi connectivity index (χ2n) is 3.70. The van der Waals surface area contributed by atoms with Crippen LogP contribution in [0.4, 0.5) is 5.13 Å². The zero-order chi connectivity index (χ0) is 12.5. The van der Waals surface area contributed by atoms with Crippen molar-refractivity contribution < 1.29 is 4.79 Å². The zero-order valence-electron chi connectivity index (χ0n) is 9.24. The number of nitrogens with zero attached hydrogens (tertiary/aromatic N) is 2. The molecule has 3 rings (SSSR count). The molecule has 0 saturated carbocycles. The van der Waals surface area contributed by atoms with Crippen LogP contribution in [-0.4, -0.2) is 16.1 Å². The molecule has 1 aromatic carbocycles. The fourth-order valence-corrected chi connectivity index (χ4v) is 3.49. The number of hydrogen-bond acceptors (Lipinski definition) is 5. The van der Waals surface area contributed by atoms with Crippen LogP contribution in [-0.2, 0) is 4.79 Å². The molecule has 1 atom stereocenters. The summed E-state index contributed by atoms with van der Waals surface area (Å²) in [6.45, 7) is 0. The fraction of sp³-hybridized carbons (Fsp3) is 0.0833. The minimum atomic E-state index is -0.331. The molecule has 0 bridgehead atoms. The van der Waals surface area contributed by atoms with E-state index < -0.39 is 0 Å². The highest BCUT2D eigenvalue weighted by Gasteiger charge is 2.40. The Morgan fingerprint density at radius 3 is 2.72 bits per heavy atom. The molecule has 1 aliphatic rings. The molecule has 0 unspecified atom stereocenters. The maximum atomic E-state index is 12.3. The van der Waals surface area contributed by atoms with Crippen molar-refractivity contribution in [2.75, 3.05) is 4.90 Å². The number of amidine groups is 1. The Labute approximate surface area is 112 Å². The van der Waals surface area contributed by atoms with Gasteiger partial charge in [-0.15, -0.1) is 11.3 Å². The van der Waals surface area contributed by atoms with E-state index in [0.717, 1.165) is 5.56 Å². The van der Waals surface area contributed by atoms with Gasteiger partial charge in [0.25, 0.3) is 5.91 Å². The molecule has 0 spiro atoms. The molecule has 1 aliphatic heterocycles. The van der Waals surface area contributed by atoms with Gasteiger partial charge in [0.2, 0.25) is 0 Å². The Hall–Kier alpha value is -1.66. The molecule has 90 valence electrons. The molecule has 0 radical (unpaired) electrons. The Bertz CT molecular complexity index is 583. The van der Waals surface area contributed by atoms with Crippen LogP contribution in [0.15, 0.2) is 41.9 Å². The first-order valence-electron chi connectivity index (χ1n) is 5.31. The van der Waals surface area contributed by atoms with E-state index in [2.05, 4.69) is 4.98 Å². The first kappa shape index (κ1) is 11.4. The summed E-state index contributed by atoms with van der Waals surface area (Å²) in [4.78, 5) is 17.8. The van der Waals surface area contributed by atoms with Crippen molar-refractivity contribution in [3.05, 3.63) is 47.5 Å². The molecule has 2 heterocycles. The summed E-state index contributed by atoms with van der Waals surface area (Å²) in [7, 11) is 0. The van der Waals surface area contributed by atoms with Gasteiger partial charge in [-0.3, -0.25) is 10.2 Å². The van der Waals surface area contributed by atoms with Crippen molar-refractivity contribution in [1.29, 1.82) is 5.41 Å². The van der Waals surface area contributed by atoms with Crippen LogP contribution < -0.4 is 4.90 Å². The fourth-order valence-electron chi connectivity index (χ4n) is 1.78. The molecule has 1 amide bonds. The van der Waals surface area contributed by atoms with Gasteiger partial charge in [-0.1, -0.05) is 42.1 Å². The number of thiazole rings is 1. The summed E-state index contributed by atoms with van der Waals surface area (Å²) < 4.78 is 0. The lowest BCUT2D eigenvalue weighted by Gasteiger charge is -2.11. The van der Waals surface area contributed by atoms with Crippen LogP contribution >= 0.6 is 23.1 Å². The highest BCUT2D eigenvalue weighted by molar-refractivity contribution is 8.15. The van der Waals surface area contributed by atoms with Gasteiger partial charge in [0.05, 0.1) is 0 Å². The summed E-state index contributed by atoms with van der Waals surface area (Å²) in [6.07, 6.45) is 1.64. The number of hydrogen-bond donors (Lipinski definition) is 1. The van der Waals surface area contributed by atoms with E-state index >= 15 is 0 Å². The monoisotopic (exact) mass is 275 g/mol. The molecule has 0 aliphatic carbocycles. The third-order valence-electron chi connectivity index (χ3n) is 2.59. The molecular formula is C12H9N3OS2. The first-order valence-corrected chi connectivity index (χ1v) is 7.07. The molecule has 18 heavy (non-hydrogen) atoms. The molecule has 4 nitrogen and oxygen atoms in total. The summed E-state index contributed by atoms with van der Waals surface area (Å²) in [5.41, 5.74) is 0.927. The number of benzene rings is 1. The van der Waals surface area contributed by atoms with Gasteiger partial charge >= 0.3 is 0 Å². The minimum Gasteiger partial charge on any atom is -0.278 e. The van der Waals surface area contributed by atoms with Gasteiger partial charge in [0.15, 0.2) is 10.3 Å². The van der Waals surface area contributed by atoms with Gasteiger partial charge in [-0.05, 0) is 5.56 Å². The SMILES string of the molecule is N=C1S[C@H](c2ccccc2)C(=O)N1c1nccs1. The average molecular weight is 275 g/mol. The van der Waals surface area contributed by atoms with Gasteiger partial charge < -0.3 is 0 Å². The molecule has 1 N–H and O–H groups in total. The highest BCUT2D eigenvalue weighted by Crippen LogP contribution is 2.41. The van der Waals surface area contributed by atoms with Crippen molar-refractivity contribution in [1.82, 2.24) is 4.98 Å². The highest BCUT2D eigenvalue weighted by atomic mass is 32.2. The number of anilines is 1. The lowest BCUT2D eigenvalue weighted by Crippen LogP contribution is -2.29. The minimum absolute atomic E-state index is 0.0915. The average Bonchev–Trinajstić information content (AvgIpc) is 2.99. The van der Waals surface area contributed by atoms with Crippen molar-refractivity contribution in [3.8, 4) is 0 Å². The van der Waals surface area contributed by atoms with E-state index in [1.165, 1.54) is 28.0 Å².